The van der Waals surface area contributed by atoms with Gasteiger partial charge in [-0.15, -0.1) is 0 Å². The van der Waals surface area contributed by atoms with Crippen molar-refractivity contribution in [3.8, 4) is 0 Å². The zero-order chi connectivity index (χ0) is 16.0. The highest BCUT2D eigenvalue weighted by molar-refractivity contribution is 7.89. The van der Waals surface area contributed by atoms with Gasteiger partial charge in [-0.1, -0.05) is 20.8 Å². The lowest BCUT2D eigenvalue weighted by Crippen LogP contribution is -2.48. The monoisotopic (exact) mass is 317 g/mol. The normalized spacial score (nSPS) is 25.9. The third kappa shape index (κ3) is 3.25. The van der Waals surface area contributed by atoms with Gasteiger partial charge in [0.2, 0.25) is 10.0 Å². The van der Waals surface area contributed by atoms with E-state index >= 15 is 0 Å². The van der Waals surface area contributed by atoms with Gasteiger partial charge in [0.1, 0.15) is 0 Å². The molecule has 1 N–H and O–H groups in total. The van der Waals surface area contributed by atoms with E-state index in [2.05, 4.69) is 0 Å². The number of hydrogen-bond acceptors (Lipinski definition) is 3. The molecule has 1 atom stereocenters. The number of carbonyl (C=O) groups is 1. The Morgan fingerprint density at radius 1 is 1.30 bits per heavy atom. The van der Waals surface area contributed by atoms with Crippen molar-refractivity contribution in [3.63, 3.8) is 0 Å². The summed E-state index contributed by atoms with van der Waals surface area (Å²) in [5.74, 6) is -2.36. The number of hydrogen-bond donors (Lipinski definition) is 1. The van der Waals surface area contributed by atoms with E-state index in [4.69, 9.17) is 5.11 Å². The number of alkyl halides is 3. The fraction of sp³-hybridized carbons (Fsp3) is 0.909. The van der Waals surface area contributed by atoms with E-state index in [9.17, 15) is 26.4 Å². The second-order valence-corrected chi connectivity index (χ2v) is 8.25. The third-order valence-corrected chi connectivity index (χ3v) is 5.52. The van der Waals surface area contributed by atoms with Gasteiger partial charge in [-0.2, -0.15) is 13.2 Å². The maximum Gasteiger partial charge on any atom is 0.406 e. The van der Waals surface area contributed by atoms with Crippen molar-refractivity contribution in [2.24, 2.45) is 10.8 Å². The predicted octanol–water partition coefficient (Wildman–Crippen LogP) is 1.70. The van der Waals surface area contributed by atoms with E-state index in [-0.39, 0.29) is 5.75 Å². The number of rotatable bonds is 3. The van der Waals surface area contributed by atoms with Crippen LogP contribution in [0.2, 0.25) is 0 Å². The molecule has 0 saturated carbocycles. The number of carboxylic acids is 1. The molecular weight excluding hydrogens is 299 g/mol. The molecule has 1 aliphatic rings. The number of sulfonamides is 1. The van der Waals surface area contributed by atoms with Crippen LogP contribution in [-0.2, 0) is 14.8 Å². The molecule has 1 fully saturated rings. The summed E-state index contributed by atoms with van der Waals surface area (Å²) in [6.45, 7) is 3.47. The van der Waals surface area contributed by atoms with Gasteiger partial charge in [0, 0.05) is 13.1 Å². The van der Waals surface area contributed by atoms with E-state index in [0.29, 0.717) is 4.31 Å². The molecule has 20 heavy (non-hydrogen) atoms. The molecule has 0 aliphatic carbocycles. The van der Waals surface area contributed by atoms with Gasteiger partial charge in [-0.05, 0) is 11.8 Å². The van der Waals surface area contributed by atoms with Crippen molar-refractivity contribution < 1.29 is 31.5 Å². The van der Waals surface area contributed by atoms with E-state index < -0.39 is 52.5 Å². The van der Waals surface area contributed by atoms with Crippen molar-refractivity contribution in [1.82, 2.24) is 4.31 Å². The van der Waals surface area contributed by atoms with Crippen molar-refractivity contribution in [1.29, 1.82) is 0 Å². The van der Waals surface area contributed by atoms with Crippen LogP contribution in [0.25, 0.3) is 0 Å². The molecule has 1 heterocycles. The minimum Gasteiger partial charge on any atom is -0.481 e. The molecule has 5 nitrogen and oxygen atoms in total. The van der Waals surface area contributed by atoms with Gasteiger partial charge in [-0.3, -0.25) is 4.79 Å². The molecule has 0 amide bonds. The van der Waals surface area contributed by atoms with Crippen molar-refractivity contribution >= 4 is 16.0 Å². The average Bonchev–Trinajstić information content (AvgIpc) is 2.57. The highest BCUT2D eigenvalue weighted by Crippen LogP contribution is 2.46. The Bertz CT molecular complexity index is 495. The van der Waals surface area contributed by atoms with Gasteiger partial charge in [0.05, 0.1) is 5.75 Å². The highest BCUT2D eigenvalue weighted by Gasteiger charge is 2.64. The molecule has 0 aromatic carbocycles. The lowest BCUT2D eigenvalue weighted by molar-refractivity contribution is -0.226. The predicted molar refractivity (Wildman–Crippen MR) is 65.6 cm³/mol. The Morgan fingerprint density at radius 3 is 2.10 bits per heavy atom. The molecule has 0 spiro atoms. The fourth-order valence-corrected chi connectivity index (χ4v) is 4.24. The largest absolute Gasteiger partial charge is 0.481 e. The van der Waals surface area contributed by atoms with E-state index in [0.717, 1.165) is 0 Å². The van der Waals surface area contributed by atoms with Crippen LogP contribution in [0.4, 0.5) is 13.2 Å². The van der Waals surface area contributed by atoms with Crippen LogP contribution in [0.3, 0.4) is 0 Å². The molecule has 0 aromatic heterocycles. The first-order chi connectivity index (χ1) is 8.71. The summed E-state index contributed by atoms with van der Waals surface area (Å²) in [6.07, 6.45) is -5.74. The smallest absolute Gasteiger partial charge is 0.406 e. The first-order valence-electron chi connectivity index (χ1n) is 5.99. The second-order valence-electron chi connectivity index (χ2n) is 6.29. The Balaban J connectivity index is 3.04. The standard InChI is InChI=1S/C11H18F3NO4S/c1-9(2,3)7-20(18,19)15-5-4-10(6-15,8(16)17)11(12,13)14/h4-7H2,1-3H3,(H,16,17). The van der Waals surface area contributed by atoms with Crippen LogP contribution in [0, 0.1) is 10.8 Å². The van der Waals surface area contributed by atoms with Gasteiger partial charge in [0.15, 0.2) is 5.41 Å². The van der Waals surface area contributed by atoms with Crippen LogP contribution in [-0.4, -0.2) is 48.8 Å². The first-order valence-corrected chi connectivity index (χ1v) is 7.60. The first kappa shape index (κ1) is 17.2. The van der Waals surface area contributed by atoms with Gasteiger partial charge in [0.25, 0.3) is 0 Å². The fourth-order valence-electron chi connectivity index (χ4n) is 2.18. The van der Waals surface area contributed by atoms with Gasteiger partial charge < -0.3 is 5.11 Å². The molecule has 0 aromatic rings. The van der Waals surface area contributed by atoms with Gasteiger partial charge in [-0.25, -0.2) is 12.7 Å². The lowest BCUT2D eigenvalue weighted by atomic mass is 9.86. The molecule has 9 heteroatoms. The maximum absolute atomic E-state index is 13.0. The minimum absolute atomic E-state index is 0.326. The van der Waals surface area contributed by atoms with Crippen LogP contribution in [0.5, 0.6) is 0 Å². The van der Waals surface area contributed by atoms with Crippen molar-refractivity contribution in [3.05, 3.63) is 0 Å². The van der Waals surface area contributed by atoms with E-state index in [1.807, 2.05) is 0 Å². The van der Waals surface area contributed by atoms with Crippen LogP contribution < -0.4 is 0 Å². The second kappa shape index (κ2) is 4.87. The minimum atomic E-state index is -4.98. The molecule has 118 valence electrons. The number of carboxylic acid groups (broad SMARTS) is 1. The van der Waals surface area contributed by atoms with Crippen LogP contribution in [0.1, 0.15) is 27.2 Å². The van der Waals surface area contributed by atoms with Crippen molar-refractivity contribution in [2.45, 2.75) is 33.4 Å². The Labute approximate surface area is 115 Å². The zero-order valence-electron chi connectivity index (χ0n) is 11.5. The topological polar surface area (TPSA) is 74.7 Å². The maximum atomic E-state index is 13.0. The average molecular weight is 317 g/mol. The summed E-state index contributed by atoms with van der Waals surface area (Å²) in [5.41, 5.74) is -3.62. The van der Waals surface area contributed by atoms with E-state index in [1.165, 1.54) is 0 Å². The molecule has 1 aliphatic heterocycles. The summed E-state index contributed by atoms with van der Waals surface area (Å²) in [4.78, 5) is 11.0. The Kier molecular flexibility index (Phi) is 4.19. The molecule has 1 rings (SSSR count). The van der Waals surface area contributed by atoms with Gasteiger partial charge >= 0.3 is 12.1 Å². The summed E-state index contributed by atoms with van der Waals surface area (Å²) < 4.78 is 63.6. The SMILES string of the molecule is CC(C)(C)CS(=O)(=O)N1CCC(C(=O)O)(C(F)(F)F)C1. The summed E-state index contributed by atoms with van der Waals surface area (Å²) in [6, 6.07) is 0. The zero-order valence-corrected chi connectivity index (χ0v) is 12.3. The lowest BCUT2D eigenvalue weighted by Gasteiger charge is -2.28. The number of aliphatic carboxylic acids is 1. The summed E-state index contributed by atoms with van der Waals surface area (Å²) in [5, 5.41) is 8.87. The van der Waals surface area contributed by atoms with Crippen LogP contribution >= 0.6 is 0 Å². The Hall–Kier alpha value is -0.830. The quantitative estimate of drug-likeness (QED) is 0.860. The molecule has 1 unspecified atom stereocenters. The number of halogens is 3. The number of nitrogens with zero attached hydrogens (tertiary/aromatic N) is 1. The van der Waals surface area contributed by atoms with Crippen LogP contribution in [0.15, 0.2) is 0 Å². The van der Waals surface area contributed by atoms with Crippen molar-refractivity contribution in [2.75, 3.05) is 18.8 Å². The van der Waals surface area contributed by atoms with E-state index in [1.54, 1.807) is 20.8 Å². The highest BCUT2D eigenvalue weighted by atomic mass is 32.2. The molecule has 0 bridgehead atoms. The summed E-state index contributed by atoms with van der Waals surface area (Å²) in [7, 11) is -3.91. The molecular formula is C11H18F3NO4S. The molecule has 0 radical (unpaired) electrons. The Morgan fingerprint density at radius 2 is 1.80 bits per heavy atom. The third-order valence-electron chi connectivity index (χ3n) is 3.20. The molecule has 1 saturated heterocycles. The summed E-state index contributed by atoms with van der Waals surface area (Å²) >= 11 is 0.